The molecule has 0 aliphatic heterocycles. The zero-order valence-electron chi connectivity index (χ0n) is 25.2. The van der Waals surface area contributed by atoms with Gasteiger partial charge in [-0.15, -0.1) is 11.3 Å². The van der Waals surface area contributed by atoms with E-state index >= 15 is 0 Å². The van der Waals surface area contributed by atoms with Crippen LogP contribution in [0.25, 0.3) is 87.6 Å². The first kappa shape index (κ1) is 27.3. The second-order valence-electron chi connectivity index (χ2n) is 11.5. The quantitative estimate of drug-likeness (QED) is 0.193. The highest BCUT2D eigenvalue weighted by atomic mass is 32.1. The van der Waals surface area contributed by atoms with Crippen molar-refractivity contribution in [2.75, 3.05) is 0 Å². The standard InChI is InChI=1S/C42H26N4S/c1-3-11-28(12-4-1)39-44-40(46-41(45-39)35-19-18-27-10-7-8-15-30(27)25-35)34-17-9-16-31(26-34)32-20-22-36-33(24-32)21-23-37-38(36)47-42(43-37)29-13-5-2-6-14-29/h1-26H. The van der Waals surface area contributed by atoms with Crippen LogP contribution in [0.15, 0.2) is 158 Å². The lowest BCUT2D eigenvalue weighted by Gasteiger charge is -2.10. The van der Waals surface area contributed by atoms with Crippen molar-refractivity contribution in [3.8, 4) is 55.9 Å². The number of benzene rings is 7. The summed E-state index contributed by atoms with van der Waals surface area (Å²) in [5.41, 5.74) is 7.27. The van der Waals surface area contributed by atoms with Crippen molar-refractivity contribution in [2.24, 2.45) is 0 Å². The number of thiazole rings is 1. The molecule has 5 heteroatoms. The van der Waals surface area contributed by atoms with E-state index in [0.717, 1.165) is 49.3 Å². The topological polar surface area (TPSA) is 51.6 Å². The van der Waals surface area contributed by atoms with Crippen LogP contribution in [0.1, 0.15) is 0 Å². The fraction of sp³-hybridized carbons (Fsp3) is 0. The maximum Gasteiger partial charge on any atom is 0.164 e. The van der Waals surface area contributed by atoms with Crippen LogP contribution in [0, 0.1) is 0 Å². The van der Waals surface area contributed by atoms with E-state index in [2.05, 4.69) is 121 Å². The predicted octanol–water partition coefficient (Wildman–Crippen LogP) is 11.1. The van der Waals surface area contributed by atoms with Gasteiger partial charge >= 0.3 is 0 Å². The van der Waals surface area contributed by atoms with Crippen LogP contribution in [0.3, 0.4) is 0 Å². The fourth-order valence-electron chi connectivity index (χ4n) is 6.11. The molecule has 220 valence electrons. The van der Waals surface area contributed by atoms with E-state index < -0.39 is 0 Å². The third kappa shape index (κ3) is 5.13. The Bertz CT molecular complexity index is 2580. The first-order chi connectivity index (χ1) is 23.2. The Labute approximate surface area is 275 Å². The van der Waals surface area contributed by atoms with E-state index in [9.17, 15) is 0 Å². The summed E-state index contributed by atoms with van der Waals surface area (Å²) in [6.45, 7) is 0. The molecule has 0 N–H and O–H groups in total. The van der Waals surface area contributed by atoms with Crippen molar-refractivity contribution in [1.82, 2.24) is 19.9 Å². The molecule has 47 heavy (non-hydrogen) atoms. The highest BCUT2D eigenvalue weighted by molar-refractivity contribution is 7.22. The molecule has 0 aliphatic carbocycles. The lowest BCUT2D eigenvalue weighted by Crippen LogP contribution is -2.00. The van der Waals surface area contributed by atoms with Crippen molar-refractivity contribution in [1.29, 1.82) is 0 Å². The van der Waals surface area contributed by atoms with Crippen LogP contribution in [-0.2, 0) is 0 Å². The molecule has 0 bridgehead atoms. The second-order valence-corrected chi connectivity index (χ2v) is 12.5. The molecule has 0 amide bonds. The maximum atomic E-state index is 5.02. The van der Waals surface area contributed by atoms with Crippen LogP contribution in [0.4, 0.5) is 0 Å². The molecular formula is C42H26N4S. The first-order valence-corrected chi connectivity index (χ1v) is 16.4. The molecule has 0 atom stereocenters. The van der Waals surface area contributed by atoms with E-state index in [4.69, 9.17) is 19.9 Å². The predicted molar refractivity (Wildman–Crippen MR) is 195 cm³/mol. The van der Waals surface area contributed by atoms with Gasteiger partial charge in [0, 0.05) is 27.6 Å². The third-order valence-electron chi connectivity index (χ3n) is 8.52. The zero-order valence-corrected chi connectivity index (χ0v) is 26.0. The second kappa shape index (κ2) is 11.4. The van der Waals surface area contributed by atoms with E-state index in [-0.39, 0.29) is 0 Å². The van der Waals surface area contributed by atoms with Crippen LogP contribution in [-0.4, -0.2) is 19.9 Å². The van der Waals surface area contributed by atoms with Gasteiger partial charge in [-0.25, -0.2) is 19.9 Å². The number of hydrogen-bond acceptors (Lipinski definition) is 5. The highest BCUT2D eigenvalue weighted by Gasteiger charge is 2.14. The monoisotopic (exact) mass is 618 g/mol. The third-order valence-corrected chi connectivity index (χ3v) is 9.67. The molecule has 9 rings (SSSR count). The van der Waals surface area contributed by atoms with Gasteiger partial charge in [0.1, 0.15) is 5.01 Å². The zero-order chi connectivity index (χ0) is 31.2. The maximum absolute atomic E-state index is 5.02. The molecule has 0 aliphatic rings. The smallest absolute Gasteiger partial charge is 0.164 e. The Balaban J connectivity index is 1.13. The summed E-state index contributed by atoms with van der Waals surface area (Å²) in [5, 5.41) is 5.78. The van der Waals surface area contributed by atoms with Gasteiger partial charge in [0.15, 0.2) is 17.5 Å². The first-order valence-electron chi connectivity index (χ1n) is 15.6. The molecule has 0 fully saturated rings. The molecule has 2 aromatic heterocycles. The van der Waals surface area contributed by atoms with Gasteiger partial charge in [-0.1, -0.05) is 133 Å². The van der Waals surface area contributed by atoms with Gasteiger partial charge in [0.05, 0.1) is 10.2 Å². The number of aromatic nitrogens is 4. The average molecular weight is 619 g/mol. The lowest BCUT2D eigenvalue weighted by atomic mass is 9.99. The summed E-state index contributed by atoms with van der Waals surface area (Å²) in [5.74, 6) is 1.95. The van der Waals surface area contributed by atoms with Crippen molar-refractivity contribution < 1.29 is 0 Å². The average Bonchev–Trinajstić information content (AvgIpc) is 3.60. The molecule has 0 unspecified atom stereocenters. The van der Waals surface area contributed by atoms with Crippen molar-refractivity contribution in [3.05, 3.63) is 158 Å². The molecule has 0 saturated carbocycles. The number of fused-ring (bicyclic) bond motifs is 4. The van der Waals surface area contributed by atoms with Crippen molar-refractivity contribution >= 4 is 43.1 Å². The van der Waals surface area contributed by atoms with Crippen LogP contribution >= 0.6 is 11.3 Å². The molecule has 7 aromatic carbocycles. The van der Waals surface area contributed by atoms with Crippen molar-refractivity contribution in [3.63, 3.8) is 0 Å². The Morgan fingerprint density at radius 2 is 0.894 bits per heavy atom. The summed E-state index contributed by atoms with van der Waals surface area (Å²) in [6.07, 6.45) is 0. The Kier molecular flexibility index (Phi) is 6.61. The number of hydrogen-bond donors (Lipinski definition) is 0. The Morgan fingerprint density at radius 1 is 0.340 bits per heavy atom. The summed E-state index contributed by atoms with van der Waals surface area (Å²) in [6, 6.07) is 54.7. The van der Waals surface area contributed by atoms with Crippen molar-refractivity contribution in [2.45, 2.75) is 0 Å². The highest BCUT2D eigenvalue weighted by Crippen LogP contribution is 2.37. The molecule has 4 nitrogen and oxygen atoms in total. The Hall–Kier alpha value is -6.04. The van der Waals surface area contributed by atoms with Gasteiger partial charge in [-0.2, -0.15) is 0 Å². The molecular weight excluding hydrogens is 593 g/mol. The van der Waals surface area contributed by atoms with Gasteiger partial charge in [0.2, 0.25) is 0 Å². The van der Waals surface area contributed by atoms with Gasteiger partial charge < -0.3 is 0 Å². The van der Waals surface area contributed by atoms with E-state index in [1.54, 1.807) is 11.3 Å². The van der Waals surface area contributed by atoms with E-state index in [0.29, 0.717) is 17.5 Å². The normalized spacial score (nSPS) is 11.4. The summed E-state index contributed by atoms with van der Waals surface area (Å²) >= 11 is 1.75. The minimum Gasteiger partial charge on any atom is -0.236 e. The van der Waals surface area contributed by atoms with Crippen LogP contribution < -0.4 is 0 Å². The summed E-state index contributed by atoms with van der Waals surface area (Å²) in [4.78, 5) is 19.9. The summed E-state index contributed by atoms with van der Waals surface area (Å²) < 4.78 is 1.21. The van der Waals surface area contributed by atoms with Crippen LogP contribution in [0.5, 0.6) is 0 Å². The number of nitrogens with zero attached hydrogens (tertiary/aromatic N) is 4. The van der Waals surface area contributed by atoms with E-state index in [1.807, 2.05) is 36.4 Å². The summed E-state index contributed by atoms with van der Waals surface area (Å²) in [7, 11) is 0. The number of rotatable bonds is 5. The van der Waals surface area contributed by atoms with E-state index in [1.165, 1.54) is 20.9 Å². The SMILES string of the molecule is c1ccc(-c2nc(-c3cccc(-c4ccc5c(ccc6nc(-c7ccccc7)sc65)c4)c3)nc(-c3ccc4ccccc4c3)n2)cc1. The minimum atomic E-state index is 0.643. The van der Waals surface area contributed by atoms with Gasteiger partial charge in [-0.3, -0.25) is 0 Å². The van der Waals surface area contributed by atoms with Gasteiger partial charge in [0.25, 0.3) is 0 Å². The molecule has 0 spiro atoms. The molecule has 9 aromatic rings. The minimum absolute atomic E-state index is 0.643. The van der Waals surface area contributed by atoms with Gasteiger partial charge in [-0.05, 0) is 51.6 Å². The molecule has 2 heterocycles. The lowest BCUT2D eigenvalue weighted by molar-refractivity contribution is 1.07. The fourth-order valence-corrected chi connectivity index (χ4v) is 7.22. The van der Waals surface area contributed by atoms with Crippen LogP contribution in [0.2, 0.25) is 0 Å². The largest absolute Gasteiger partial charge is 0.236 e. The Morgan fingerprint density at radius 3 is 1.68 bits per heavy atom. The molecule has 0 radical (unpaired) electrons. The molecule has 0 saturated heterocycles.